The van der Waals surface area contributed by atoms with Gasteiger partial charge in [-0.15, -0.1) is 0 Å². The molecule has 0 radical (unpaired) electrons. The molecule has 2 aromatic rings. The van der Waals surface area contributed by atoms with Crippen molar-refractivity contribution >= 4 is 15.9 Å². The summed E-state index contributed by atoms with van der Waals surface area (Å²) in [6, 6.07) is 10.2. The van der Waals surface area contributed by atoms with Gasteiger partial charge >= 0.3 is 0 Å². The molecule has 0 aliphatic rings. The molecule has 1 aromatic carbocycles. The third-order valence-corrected chi connectivity index (χ3v) is 3.86. The van der Waals surface area contributed by atoms with Gasteiger partial charge in [-0.1, -0.05) is 28.1 Å². The molecule has 0 bridgehead atoms. The van der Waals surface area contributed by atoms with E-state index in [0.717, 1.165) is 17.3 Å². The predicted octanol–water partition coefficient (Wildman–Crippen LogP) is 4.78. The Morgan fingerprint density at radius 2 is 1.89 bits per heavy atom. The number of halogens is 1. The van der Waals surface area contributed by atoms with Gasteiger partial charge in [-0.25, -0.2) is 0 Å². The van der Waals surface area contributed by atoms with Crippen molar-refractivity contribution in [3.05, 3.63) is 53.0 Å². The molecule has 0 N–H and O–H groups in total. The van der Waals surface area contributed by atoms with Crippen LogP contribution in [0.15, 0.2) is 34.7 Å². The molecule has 0 aliphatic heterocycles. The van der Waals surface area contributed by atoms with Gasteiger partial charge in [-0.2, -0.15) is 0 Å². The van der Waals surface area contributed by atoms with Crippen LogP contribution < -0.4 is 4.74 Å². The standard InChI is InChI=1S/C15H17BrO2/c1-4-17-13-7-5-12(6-8-13)15(16)14-9-10(2)18-11(14)3/h5-9,15H,4H2,1-3H3. The molecule has 2 nitrogen and oxygen atoms in total. The van der Waals surface area contributed by atoms with E-state index < -0.39 is 0 Å². The number of hydrogen-bond donors (Lipinski definition) is 0. The summed E-state index contributed by atoms with van der Waals surface area (Å²) in [7, 11) is 0. The number of benzene rings is 1. The van der Waals surface area contributed by atoms with Crippen molar-refractivity contribution in [1.82, 2.24) is 0 Å². The Labute approximate surface area is 116 Å². The van der Waals surface area contributed by atoms with Crippen LogP contribution >= 0.6 is 15.9 Å². The van der Waals surface area contributed by atoms with Gasteiger partial charge in [-0.3, -0.25) is 0 Å². The van der Waals surface area contributed by atoms with E-state index in [2.05, 4.69) is 34.1 Å². The fraction of sp³-hybridized carbons (Fsp3) is 0.333. The Kier molecular flexibility index (Phi) is 4.12. The maximum Gasteiger partial charge on any atom is 0.119 e. The molecule has 0 aliphatic carbocycles. The molecule has 1 heterocycles. The summed E-state index contributed by atoms with van der Waals surface area (Å²) in [5.41, 5.74) is 2.37. The zero-order valence-corrected chi connectivity index (χ0v) is 12.5. The van der Waals surface area contributed by atoms with Crippen LogP contribution in [-0.2, 0) is 0 Å². The largest absolute Gasteiger partial charge is 0.494 e. The highest BCUT2D eigenvalue weighted by Crippen LogP contribution is 2.35. The quantitative estimate of drug-likeness (QED) is 0.758. The monoisotopic (exact) mass is 308 g/mol. The fourth-order valence-electron chi connectivity index (χ4n) is 1.98. The van der Waals surface area contributed by atoms with Gasteiger partial charge in [0, 0.05) is 5.56 Å². The average molecular weight is 309 g/mol. The Hall–Kier alpha value is -1.22. The first-order valence-corrected chi connectivity index (χ1v) is 6.97. The highest BCUT2D eigenvalue weighted by Gasteiger charge is 2.16. The molecular formula is C15H17BrO2. The smallest absolute Gasteiger partial charge is 0.119 e. The van der Waals surface area contributed by atoms with Gasteiger partial charge in [-0.05, 0) is 44.5 Å². The average Bonchev–Trinajstić information content (AvgIpc) is 2.69. The van der Waals surface area contributed by atoms with Crippen molar-refractivity contribution in [2.24, 2.45) is 0 Å². The van der Waals surface area contributed by atoms with Gasteiger partial charge in [0.15, 0.2) is 0 Å². The van der Waals surface area contributed by atoms with Crippen molar-refractivity contribution in [3.8, 4) is 5.75 Å². The van der Waals surface area contributed by atoms with Crippen molar-refractivity contribution in [1.29, 1.82) is 0 Å². The number of aryl methyl sites for hydroxylation is 2. The van der Waals surface area contributed by atoms with Gasteiger partial charge < -0.3 is 9.15 Å². The minimum atomic E-state index is 0.158. The van der Waals surface area contributed by atoms with E-state index in [0.29, 0.717) is 6.61 Å². The molecule has 0 saturated heterocycles. The van der Waals surface area contributed by atoms with Crippen LogP contribution in [0.2, 0.25) is 0 Å². The lowest BCUT2D eigenvalue weighted by Gasteiger charge is -2.10. The number of furan rings is 1. The normalized spacial score (nSPS) is 12.4. The number of rotatable bonds is 4. The van der Waals surface area contributed by atoms with E-state index >= 15 is 0 Å². The lowest BCUT2D eigenvalue weighted by atomic mass is 10.1. The first-order chi connectivity index (χ1) is 8.61. The molecule has 1 unspecified atom stereocenters. The second kappa shape index (κ2) is 5.61. The van der Waals surface area contributed by atoms with Crippen molar-refractivity contribution in [2.75, 3.05) is 6.61 Å². The lowest BCUT2D eigenvalue weighted by Crippen LogP contribution is -1.95. The Morgan fingerprint density at radius 3 is 2.39 bits per heavy atom. The molecule has 96 valence electrons. The highest BCUT2D eigenvalue weighted by molar-refractivity contribution is 9.09. The van der Waals surface area contributed by atoms with Crippen molar-refractivity contribution in [2.45, 2.75) is 25.6 Å². The van der Waals surface area contributed by atoms with Crippen LogP contribution in [0.25, 0.3) is 0 Å². The van der Waals surface area contributed by atoms with E-state index in [1.807, 2.05) is 32.9 Å². The van der Waals surface area contributed by atoms with Gasteiger partial charge in [0.2, 0.25) is 0 Å². The predicted molar refractivity (Wildman–Crippen MR) is 76.6 cm³/mol. The van der Waals surface area contributed by atoms with E-state index in [1.165, 1.54) is 11.1 Å². The zero-order valence-electron chi connectivity index (χ0n) is 10.9. The zero-order chi connectivity index (χ0) is 13.1. The second-order valence-electron chi connectivity index (χ2n) is 4.23. The molecule has 0 amide bonds. The van der Waals surface area contributed by atoms with E-state index in [1.54, 1.807) is 0 Å². The highest BCUT2D eigenvalue weighted by atomic mass is 79.9. The molecule has 3 heteroatoms. The summed E-state index contributed by atoms with van der Waals surface area (Å²) in [5, 5.41) is 0. The third-order valence-electron chi connectivity index (χ3n) is 2.84. The molecular weight excluding hydrogens is 292 g/mol. The van der Waals surface area contributed by atoms with Gasteiger partial charge in [0.1, 0.15) is 17.3 Å². The second-order valence-corrected chi connectivity index (χ2v) is 5.15. The Bertz CT molecular complexity index is 514. The first-order valence-electron chi connectivity index (χ1n) is 6.05. The molecule has 1 aromatic heterocycles. The van der Waals surface area contributed by atoms with Crippen molar-refractivity contribution in [3.63, 3.8) is 0 Å². The summed E-state index contributed by atoms with van der Waals surface area (Å²) >= 11 is 3.72. The van der Waals surface area contributed by atoms with Gasteiger partial charge in [0.05, 0.1) is 11.4 Å². The van der Waals surface area contributed by atoms with E-state index in [-0.39, 0.29) is 4.83 Å². The van der Waals surface area contributed by atoms with Crippen LogP contribution in [0, 0.1) is 13.8 Å². The Balaban J connectivity index is 2.23. The molecule has 0 fully saturated rings. The van der Waals surface area contributed by atoms with E-state index in [4.69, 9.17) is 9.15 Å². The van der Waals surface area contributed by atoms with Crippen LogP contribution in [0.4, 0.5) is 0 Å². The summed E-state index contributed by atoms with van der Waals surface area (Å²) in [5.74, 6) is 2.81. The van der Waals surface area contributed by atoms with Crippen LogP contribution in [0.1, 0.15) is 34.4 Å². The molecule has 0 spiro atoms. The number of alkyl halides is 1. The van der Waals surface area contributed by atoms with Crippen LogP contribution in [0.5, 0.6) is 5.75 Å². The first kappa shape index (κ1) is 13.2. The maximum atomic E-state index is 5.56. The minimum Gasteiger partial charge on any atom is -0.494 e. The summed E-state index contributed by atoms with van der Waals surface area (Å²) in [6.45, 7) is 6.63. The topological polar surface area (TPSA) is 22.4 Å². The summed E-state index contributed by atoms with van der Waals surface area (Å²) in [4.78, 5) is 0.158. The molecule has 0 saturated carbocycles. The third kappa shape index (κ3) is 2.78. The molecule has 2 rings (SSSR count). The number of hydrogen-bond acceptors (Lipinski definition) is 2. The Morgan fingerprint density at radius 1 is 1.22 bits per heavy atom. The SMILES string of the molecule is CCOc1ccc(C(Br)c2cc(C)oc2C)cc1. The van der Waals surface area contributed by atoms with Gasteiger partial charge in [0.25, 0.3) is 0 Å². The fourth-order valence-corrected chi connectivity index (χ4v) is 2.74. The maximum absolute atomic E-state index is 5.56. The lowest BCUT2D eigenvalue weighted by molar-refractivity contribution is 0.340. The van der Waals surface area contributed by atoms with Crippen molar-refractivity contribution < 1.29 is 9.15 Å². The molecule has 18 heavy (non-hydrogen) atoms. The number of ether oxygens (including phenoxy) is 1. The van der Waals surface area contributed by atoms with E-state index in [9.17, 15) is 0 Å². The van der Waals surface area contributed by atoms with Crippen LogP contribution in [-0.4, -0.2) is 6.61 Å². The van der Waals surface area contributed by atoms with Crippen LogP contribution in [0.3, 0.4) is 0 Å². The minimum absolute atomic E-state index is 0.158. The summed E-state index contributed by atoms with van der Waals surface area (Å²) < 4.78 is 11.0. The summed E-state index contributed by atoms with van der Waals surface area (Å²) in [6.07, 6.45) is 0. The molecule has 1 atom stereocenters.